The minimum atomic E-state index is -0.847. The quantitative estimate of drug-likeness (QED) is 0.637. The fourth-order valence-electron chi connectivity index (χ4n) is 2.13. The van der Waals surface area contributed by atoms with Crippen LogP contribution in [0.5, 0.6) is 0 Å². The molecule has 0 spiro atoms. The zero-order chi connectivity index (χ0) is 16.1. The van der Waals surface area contributed by atoms with E-state index in [9.17, 15) is 18.8 Å². The van der Waals surface area contributed by atoms with Crippen molar-refractivity contribution < 1.29 is 18.8 Å². The first-order valence-electron chi connectivity index (χ1n) is 6.87. The molecule has 1 aliphatic heterocycles. The Bertz CT molecular complexity index is 576. The van der Waals surface area contributed by atoms with Gasteiger partial charge in [0.15, 0.2) is 0 Å². The van der Waals surface area contributed by atoms with E-state index in [1.54, 1.807) is 0 Å². The normalized spacial score (nSPS) is 17.5. The highest BCUT2D eigenvalue weighted by Gasteiger charge is 2.38. The lowest BCUT2D eigenvalue weighted by atomic mass is 10.1. The van der Waals surface area contributed by atoms with Gasteiger partial charge in [0, 0.05) is 26.1 Å². The maximum absolute atomic E-state index is 12.9. The Kier molecular flexibility index (Phi) is 5.05. The van der Waals surface area contributed by atoms with E-state index >= 15 is 0 Å². The van der Waals surface area contributed by atoms with Gasteiger partial charge in [-0.15, -0.1) is 0 Å². The van der Waals surface area contributed by atoms with Crippen LogP contribution in [0.1, 0.15) is 18.0 Å². The van der Waals surface area contributed by atoms with Crippen molar-refractivity contribution in [1.29, 1.82) is 0 Å². The van der Waals surface area contributed by atoms with Gasteiger partial charge in [0.05, 0.1) is 0 Å². The summed E-state index contributed by atoms with van der Waals surface area (Å²) in [5, 5.41) is 5.08. The number of urea groups is 1. The van der Waals surface area contributed by atoms with Gasteiger partial charge in [-0.3, -0.25) is 14.5 Å². The SMILES string of the molecule is NCCNC(=O)CCN1C(=O)NC(c2ccc(F)cc2)C1=O. The number of carbonyl (C=O) groups is 3. The average molecular weight is 308 g/mol. The smallest absolute Gasteiger partial charge is 0.325 e. The summed E-state index contributed by atoms with van der Waals surface area (Å²) in [6.45, 7) is 0.650. The van der Waals surface area contributed by atoms with Crippen LogP contribution >= 0.6 is 0 Å². The molecule has 8 heteroatoms. The summed E-state index contributed by atoms with van der Waals surface area (Å²) in [6.07, 6.45) is 0.00922. The van der Waals surface area contributed by atoms with E-state index in [2.05, 4.69) is 10.6 Å². The van der Waals surface area contributed by atoms with Crippen molar-refractivity contribution in [2.45, 2.75) is 12.5 Å². The van der Waals surface area contributed by atoms with Gasteiger partial charge in [-0.25, -0.2) is 9.18 Å². The molecule has 1 heterocycles. The van der Waals surface area contributed by atoms with Gasteiger partial charge >= 0.3 is 6.03 Å². The van der Waals surface area contributed by atoms with Gasteiger partial charge in [-0.1, -0.05) is 12.1 Å². The number of carbonyl (C=O) groups excluding carboxylic acids is 3. The Labute approximate surface area is 126 Å². The molecule has 0 aliphatic carbocycles. The van der Waals surface area contributed by atoms with Crippen LogP contribution in [0.3, 0.4) is 0 Å². The van der Waals surface area contributed by atoms with Crippen LogP contribution in [0.25, 0.3) is 0 Å². The van der Waals surface area contributed by atoms with Crippen LogP contribution in [-0.4, -0.2) is 42.4 Å². The van der Waals surface area contributed by atoms with Crippen molar-refractivity contribution in [3.63, 3.8) is 0 Å². The molecule has 0 aromatic heterocycles. The molecule has 1 unspecified atom stereocenters. The molecule has 7 nitrogen and oxygen atoms in total. The van der Waals surface area contributed by atoms with E-state index in [1.165, 1.54) is 24.3 Å². The highest BCUT2D eigenvalue weighted by molar-refractivity contribution is 6.04. The molecule has 1 fully saturated rings. The predicted molar refractivity (Wildman–Crippen MR) is 76.1 cm³/mol. The lowest BCUT2D eigenvalue weighted by Crippen LogP contribution is -2.36. The molecule has 2 rings (SSSR count). The van der Waals surface area contributed by atoms with Gasteiger partial charge in [0.1, 0.15) is 11.9 Å². The van der Waals surface area contributed by atoms with E-state index in [-0.39, 0.29) is 18.9 Å². The molecule has 1 aromatic rings. The highest BCUT2D eigenvalue weighted by atomic mass is 19.1. The third kappa shape index (κ3) is 3.59. The van der Waals surface area contributed by atoms with Crippen LogP contribution < -0.4 is 16.4 Å². The molecule has 1 saturated heterocycles. The summed E-state index contributed by atoms with van der Waals surface area (Å²) >= 11 is 0. The number of halogens is 1. The first-order valence-corrected chi connectivity index (χ1v) is 6.87. The zero-order valence-corrected chi connectivity index (χ0v) is 11.8. The number of hydrogen-bond donors (Lipinski definition) is 3. The standard InChI is InChI=1S/C14H17FN4O3/c15-10-3-1-9(2-4-10)12-13(21)19(14(22)18-12)8-5-11(20)17-7-6-16/h1-4,12H,5-8,16H2,(H,17,20)(H,18,22). The monoisotopic (exact) mass is 308 g/mol. The van der Waals surface area contributed by atoms with Gasteiger partial charge in [-0.2, -0.15) is 0 Å². The number of hydrogen-bond acceptors (Lipinski definition) is 4. The number of nitrogens with one attached hydrogen (secondary N) is 2. The van der Waals surface area contributed by atoms with E-state index in [1.807, 2.05) is 0 Å². The number of rotatable bonds is 6. The van der Waals surface area contributed by atoms with Crippen LogP contribution in [-0.2, 0) is 9.59 Å². The fraction of sp³-hybridized carbons (Fsp3) is 0.357. The fourth-order valence-corrected chi connectivity index (χ4v) is 2.13. The number of nitrogens with two attached hydrogens (primary N) is 1. The zero-order valence-electron chi connectivity index (χ0n) is 11.8. The minimum Gasteiger partial charge on any atom is -0.355 e. The second-order valence-corrected chi connectivity index (χ2v) is 4.81. The summed E-state index contributed by atoms with van der Waals surface area (Å²) in [5.74, 6) is -1.16. The number of nitrogens with zero attached hydrogens (tertiary/aromatic N) is 1. The van der Waals surface area contributed by atoms with Crippen molar-refractivity contribution in [2.24, 2.45) is 5.73 Å². The van der Waals surface area contributed by atoms with E-state index < -0.39 is 23.8 Å². The molecule has 1 aromatic carbocycles. The topological polar surface area (TPSA) is 105 Å². The molecular weight excluding hydrogens is 291 g/mol. The molecular formula is C14H17FN4O3. The minimum absolute atomic E-state index is 0.00922. The average Bonchev–Trinajstić information content (AvgIpc) is 2.78. The molecule has 4 amide bonds. The predicted octanol–water partition coefficient (Wildman–Crippen LogP) is -0.116. The summed E-state index contributed by atoms with van der Waals surface area (Å²) in [7, 11) is 0. The molecule has 0 radical (unpaired) electrons. The number of benzene rings is 1. The van der Waals surface area contributed by atoms with Crippen molar-refractivity contribution >= 4 is 17.8 Å². The number of imide groups is 1. The molecule has 118 valence electrons. The van der Waals surface area contributed by atoms with Gasteiger partial charge in [-0.05, 0) is 17.7 Å². The van der Waals surface area contributed by atoms with Crippen molar-refractivity contribution in [3.8, 4) is 0 Å². The third-order valence-electron chi connectivity index (χ3n) is 3.26. The van der Waals surface area contributed by atoms with Crippen LogP contribution in [0.4, 0.5) is 9.18 Å². The second kappa shape index (κ2) is 6.99. The maximum atomic E-state index is 12.9. The maximum Gasteiger partial charge on any atom is 0.325 e. The highest BCUT2D eigenvalue weighted by Crippen LogP contribution is 2.22. The van der Waals surface area contributed by atoms with Crippen molar-refractivity contribution in [1.82, 2.24) is 15.5 Å². The van der Waals surface area contributed by atoms with E-state index in [0.29, 0.717) is 18.7 Å². The molecule has 0 saturated carbocycles. The first kappa shape index (κ1) is 15.9. The Balaban J connectivity index is 1.97. The van der Waals surface area contributed by atoms with Crippen LogP contribution in [0.2, 0.25) is 0 Å². The lowest BCUT2D eigenvalue weighted by Gasteiger charge is -2.13. The van der Waals surface area contributed by atoms with Crippen molar-refractivity contribution in [2.75, 3.05) is 19.6 Å². The molecule has 22 heavy (non-hydrogen) atoms. The first-order chi connectivity index (χ1) is 10.5. The second-order valence-electron chi connectivity index (χ2n) is 4.81. The van der Waals surface area contributed by atoms with Gasteiger partial charge in [0.25, 0.3) is 5.91 Å². The van der Waals surface area contributed by atoms with E-state index in [4.69, 9.17) is 5.73 Å². The summed E-state index contributed by atoms with van der Waals surface area (Å²) < 4.78 is 12.9. The van der Waals surface area contributed by atoms with Crippen LogP contribution in [0.15, 0.2) is 24.3 Å². The molecule has 1 aliphatic rings. The summed E-state index contributed by atoms with van der Waals surface area (Å²) in [5.41, 5.74) is 5.76. The molecule has 1 atom stereocenters. The van der Waals surface area contributed by atoms with Crippen molar-refractivity contribution in [3.05, 3.63) is 35.6 Å². The van der Waals surface area contributed by atoms with Gasteiger partial charge < -0.3 is 16.4 Å². The molecule has 4 N–H and O–H groups in total. The van der Waals surface area contributed by atoms with Crippen LogP contribution in [0, 0.1) is 5.82 Å². The third-order valence-corrected chi connectivity index (χ3v) is 3.26. The lowest BCUT2D eigenvalue weighted by molar-refractivity contribution is -0.128. The van der Waals surface area contributed by atoms with E-state index in [0.717, 1.165) is 4.90 Å². The Hall–Kier alpha value is -2.48. The largest absolute Gasteiger partial charge is 0.355 e. The Morgan fingerprint density at radius 1 is 1.32 bits per heavy atom. The summed E-state index contributed by atoms with van der Waals surface area (Å²) in [6, 6.07) is 3.91. The molecule has 0 bridgehead atoms. The number of amides is 4. The Morgan fingerprint density at radius 2 is 2.00 bits per heavy atom. The van der Waals surface area contributed by atoms with Gasteiger partial charge in [0.2, 0.25) is 5.91 Å². The Morgan fingerprint density at radius 3 is 2.64 bits per heavy atom. The summed E-state index contributed by atoms with van der Waals surface area (Å²) in [4.78, 5) is 36.5.